The first-order chi connectivity index (χ1) is 14.5. The lowest BCUT2D eigenvalue weighted by Gasteiger charge is -2.33. The van der Waals surface area contributed by atoms with Crippen LogP contribution in [0.3, 0.4) is 0 Å². The highest BCUT2D eigenvalue weighted by atomic mass is 35.5. The van der Waals surface area contributed by atoms with Crippen LogP contribution in [-0.4, -0.2) is 46.6 Å². The number of carbonyl (C=O) groups excluding carboxylic acids is 2. The number of nitrogens with zero attached hydrogens (tertiary/aromatic N) is 3. The van der Waals surface area contributed by atoms with Gasteiger partial charge in [-0.15, -0.1) is 0 Å². The van der Waals surface area contributed by atoms with E-state index in [-0.39, 0.29) is 34.1 Å². The van der Waals surface area contributed by atoms with Gasteiger partial charge in [-0.3, -0.25) is 14.9 Å². The van der Waals surface area contributed by atoms with Crippen molar-refractivity contribution < 1.29 is 19.2 Å². The molecule has 1 heterocycles. The third-order valence-corrected chi connectivity index (χ3v) is 4.71. The van der Waals surface area contributed by atoms with Crippen LogP contribution in [0.25, 0.3) is 0 Å². The third-order valence-electron chi connectivity index (χ3n) is 4.38. The summed E-state index contributed by atoms with van der Waals surface area (Å²) in [6, 6.07) is 5.39. The van der Waals surface area contributed by atoms with E-state index in [1.807, 2.05) is 0 Å². The summed E-state index contributed by atoms with van der Waals surface area (Å²) in [5.41, 5.74) is -0.978. The van der Waals surface area contributed by atoms with E-state index in [0.29, 0.717) is 25.9 Å². The zero-order chi connectivity index (χ0) is 23.2. The Morgan fingerprint density at radius 1 is 1.35 bits per heavy atom. The van der Waals surface area contributed by atoms with Gasteiger partial charge in [0, 0.05) is 37.5 Å². The number of benzene rings is 1. The van der Waals surface area contributed by atoms with Crippen molar-refractivity contribution in [1.29, 1.82) is 5.26 Å². The van der Waals surface area contributed by atoms with Crippen LogP contribution in [-0.2, 0) is 9.53 Å². The lowest BCUT2D eigenvalue weighted by molar-refractivity contribution is -0.384. The minimum Gasteiger partial charge on any atom is -0.444 e. The fourth-order valence-electron chi connectivity index (χ4n) is 2.82. The summed E-state index contributed by atoms with van der Waals surface area (Å²) in [4.78, 5) is 36.4. The highest BCUT2D eigenvalue weighted by Gasteiger charge is 2.26. The number of anilines is 1. The van der Waals surface area contributed by atoms with Crippen LogP contribution in [0.4, 0.5) is 16.2 Å². The number of piperidine rings is 1. The number of rotatable bonds is 5. The molecule has 10 nitrogen and oxygen atoms in total. The molecule has 1 saturated heterocycles. The van der Waals surface area contributed by atoms with Gasteiger partial charge in [-0.25, -0.2) is 4.79 Å². The summed E-state index contributed by atoms with van der Waals surface area (Å²) < 4.78 is 5.35. The van der Waals surface area contributed by atoms with Crippen LogP contribution >= 0.6 is 11.6 Å². The van der Waals surface area contributed by atoms with Gasteiger partial charge in [0.1, 0.15) is 17.2 Å². The van der Waals surface area contributed by atoms with E-state index in [9.17, 15) is 25.0 Å². The Hall–Kier alpha value is -3.32. The largest absolute Gasteiger partial charge is 0.444 e. The number of hydrogen-bond donors (Lipinski definition) is 2. The number of non-ortho nitro benzene ring substituents is 1. The van der Waals surface area contributed by atoms with E-state index in [0.717, 1.165) is 6.07 Å². The Morgan fingerprint density at radius 2 is 2.00 bits per heavy atom. The summed E-state index contributed by atoms with van der Waals surface area (Å²) in [5.74, 6) is -0.747. The molecule has 1 aromatic rings. The van der Waals surface area contributed by atoms with Crippen molar-refractivity contribution in [3.05, 3.63) is 45.1 Å². The van der Waals surface area contributed by atoms with Gasteiger partial charge in [0.05, 0.1) is 15.6 Å². The number of ether oxygens (including phenoxy) is 1. The average Bonchev–Trinajstić information content (AvgIpc) is 2.69. The van der Waals surface area contributed by atoms with Gasteiger partial charge >= 0.3 is 6.09 Å². The topological polar surface area (TPSA) is 138 Å². The summed E-state index contributed by atoms with van der Waals surface area (Å²) in [6.45, 7) is 6.38. The number of hydrogen-bond acceptors (Lipinski definition) is 7. The van der Waals surface area contributed by atoms with Crippen molar-refractivity contribution in [3.8, 4) is 6.07 Å². The van der Waals surface area contributed by atoms with Crippen LogP contribution in [0, 0.1) is 21.4 Å². The first-order valence-corrected chi connectivity index (χ1v) is 9.97. The number of nitriles is 1. The molecule has 11 heteroatoms. The molecule has 0 aliphatic carbocycles. The Morgan fingerprint density at radius 3 is 2.55 bits per heavy atom. The van der Waals surface area contributed by atoms with E-state index in [1.54, 1.807) is 31.7 Å². The monoisotopic (exact) mass is 449 g/mol. The van der Waals surface area contributed by atoms with E-state index in [1.165, 1.54) is 18.3 Å². The minimum absolute atomic E-state index is 0.0313. The molecule has 1 aliphatic heterocycles. The second kappa shape index (κ2) is 10.1. The van der Waals surface area contributed by atoms with Crippen LogP contribution in [0.15, 0.2) is 30.0 Å². The van der Waals surface area contributed by atoms with Crippen molar-refractivity contribution >= 4 is 35.0 Å². The van der Waals surface area contributed by atoms with Gasteiger partial charge in [0.15, 0.2) is 0 Å². The van der Waals surface area contributed by atoms with Gasteiger partial charge in [0.2, 0.25) is 0 Å². The van der Waals surface area contributed by atoms with Gasteiger partial charge in [-0.1, -0.05) is 11.6 Å². The highest BCUT2D eigenvalue weighted by molar-refractivity contribution is 6.34. The molecule has 0 unspecified atom stereocenters. The molecule has 0 atom stereocenters. The zero-order valence-corrected chi connectivity index (χ0v) is 18.2. The second-order valence-electron chi connectivity index (χ2n) is 7.95. The predicted molar refractivity (Wildman–Crippen MR) is 114 cm³/mol. The molecule has 1 fully saturated rings. The first kappa shape index (κ1) is 24.0. The van der Waals surface area contributed by atoms with Crippen LogP contribution in [0.5, 0.6) is 0 Å². The molecule has 31 heavy (non-hydrogen) atoms. The number of likely N-dealkylation sites (tertiary alicyclic amines) is 1. The van der Waals surface area contributed by atoms with E-state index < -0.39 is 16.4 Å². The zero-order valence-electron chi connectivity index (χ0n) is 17.5. The highest BCUT2D eigenvalue weighted by Crippen LogP contribution is 2.27. The number of nitrogens with one attached hydrogen (secondary N) is 2. The Labute approximate surface area is 184 Å². The molecule has 166 valence electrons. The van der Waals surface area contributed by atoms with Gasteiger partial charge in [-0.05, 0) is 39.7 Å². The molecular formula is C20H24ClN5O5. The molecule has 0 spiro atoms. The summed E-state index contributed by atoms with van der Waals surface area (Å²) in [5, 5.41) is 25.8. The molecule has 0 aromatic heterocycles. The fraction of sp³-hybridized carbons (Fsp3) is 0.450. The van der Waals surface area contributed by atoms with Crippen molar-refractivity contribution in [2.24, 2.45) is 0 Å². The lowest BCUT2D eigenvalue weighted by atomic mass is 10.1. The molecule has 2 N–H and O–H groups in total. The quantitative estimate of drug-likeness (QED) is 0.303. The first-order valence-electron chi connectivity index (χ1n) is 9.59. The number of nitro groups is 1. The minimum atomic E-state index is -0.747. The Kier molecular flexibility index (Phi) is 7.83. The summed E-state index contributed by atoms with van der Waals surface area (Å²) in [6.07, 6.45) is 2.17. The van der Waals surface area contributed by atoms with Crippen LogP contribution in [0.2, 0.25) is 5.02 Å². The van der Waals surface area contributed by atoms with E-state index in [2.05, 4.69) is 10.6 Å². The fourth-order valence-corrected chi connectivity index (χ4v) is 2.98. The summed E-state index contributed by atoms with van der Waals surface area (Å²) >= 11 is 5.97. The maximum absolute atomic E-state index is 12.4. The maximum Gasteiger partial charge on any atom is 0.410 e. The normalized spacial score (nSPS) is 15.1. The van der Waals surface area contributed by atoms with E-state index >= 15 is 0 Å². The maximum atomic E-state index is 12.4. The number of nitro benzene ring substituents is 1. The standard InChI is InChI=1S/C20H24ClN5O5/c1-20(2,3)31-19(28)25-8-6-14(7-9-25)23-12-13(11-22)18(27)24-17-10-15(26(29)30)4-5-16(17)21/h4-5,10,12,14,23H,6-9H2,1-3H3,(H,24,27)/b13-12-. The number of carbonyl (C=O) groups is 2. The second-order valence-corrected chi connectivity index (χ2v) is 8.36. The van der Waals surface area contributed by atoms with Crippen molar-refractivity contribution in [3.63, 3.8) is 0 Å². The molecule has 2 amide bonds. The molecule has 0 radical (unpaired) electrons. The molecular weight excluding hydrogens is 426 g/mol. The molecule has 0 bridgehead atoms. The number of amides is 2. The summed E-state index contributed by atoms with van der Waals surface area (Å²) in [7, 11) is 0. The molecule has 0 saturated carbocycles. The van der Waals surface area contributed by atoms with Gasteiger partial charge in [0.25, 0.3) is 11.6 Å². The smallest absolute Gasteiger partial charge is 0.410 e. The lowest BCUT2D eigenvalue weighted by Crippen LogP contribution is -2.45. The third kappa shape index (κ3) is 7.15. The molecule has 1 aliphatic rings. The van der Waals surface area contributed by atoms with Crippen molar-refractivity contribution in [2.45, 2.75) is 45.3 Å². The van der Waals surface area contributed by atoms with Gasteiger partial charge in [-0.2, -0.15) is 5.26 Å². The van der Waals surface area contributed by atoms with E-state index in [4.69, 9.17) is 16.3 Å². The van der Waals surface area contributed by atoms with Crippen molar-refractivity contribution in [2.75, 3.05) is 18.4 Å². The predicted octanol–water partition coefficient (Wildman–Crippen LogP) is 3.58. The Bertz CT molecular complexity index is 927. The van der Waals surface area contributed by atoms with Gasteiger partial charge < -0.3 is 20.3 Å². The van der Waals surface area contributed by atoms with Crippen molar-refractivity contribution in [1.82, 2.24) is 10.2 Å². The number of halogens is 1. The average molecular weight is 450 g/mol. The van der Waals surface area contributed by atoms with Crippen LogP contribution in [0.1, 0.15) is 33.6 Å². The van der Waals surface area contributed by atoms with Crippen LogP contribution < -0.4 is 10.6 Å². The Balaban J connectivity index is 1.94. The SMILES string of the molecule is CC(C)(C)OC(=O)N1CCC(N/C=C(/C#N)C(=O)Nc2cc([N+](=O)[O-])ccc2Cl)CC1. The molecule has 1 aromatic carbocycles. The molecule has 2 rings (SSSR count).